The predicted octanol–water partition coefficient (Wildman–Crippen LogP) is 0.420. The van der Waals surface area contributed by atoms with Gasteiger partial charge in [-0.25, -0.2) is 0 Å². The average molecular weight is 277 g/mol. The van der Waals surface area contributed by atoms with Gasteiger partial charge in [0.2, 0.25) is 0 Å². The number of halogens is 1. The molecule has 0 bridgehead atoms. The molecule has 4 nitrogen and oxygen atoms in total. The summed E-state index contributed by atoms with van der Waals surface area (Å²) in [6, 6.07) is 0. The Morgan fingerprint density at radius 2 is 2.00 bits per heavy atom. The van der Waals surface area contributed by atoms with Gasteiger partial charge in [0.15, 0.2) is 0 Å². The molecule has 1 aliphatic heterocycles. The van der Waals surface area contributed by atoms with Crippen LogP contribution in [0.1, 0.15) is 6.92 Å². The first-order chi connectivity index (χ1) is 7.00. The molecule has 0 aromatic heterocycles. The highest BCUT2D eigenvalue weighted by atomic mass is 79.9. The molecule has 1 atom stereocenters. The lowest BCUT2D eigenvalue weighted by Crippen LogP contribution is -2.51. The highest BCUT2D eigenvalue weighted by molar-refractivity contribution is 9.11. The fourth-order valence-corrected chi connectivity index (χ4v) is 1.99. The molecule has 1 amide bonds. The summed E-state index contributed by atoms with van der Waals surface area (Å²) in [6.07, 6.45) is -0.886. The molecule has 1 fully saturated rings. The molecule has 0 radical (unpaired) electrons. The quantitative estimate of drug-likeness (QED) is 0.813. The summed E-state index contributed by atoms with van der Waals surface area (Å²) in [4.78, 5) is 15.4. The van der Waals surface area contributed by atoms with Crippen molar-refractivity contribution in [2.24, 2.45) is 0 Å². The molecular weight excluding hydrogens is 260 g/mol. The molecule has 0 aromatic rings. The van der Waals surface area contributed by atoms with Crippen molar-refractivity contribution in [3.8, 4) is 0 Å². The number of hydrogen-bond donors (Lipinski definition) is 1. The second kappa shape index (κ2) is 5.63. The maximum atomic E-state index is 11.5. The van der Waals surface area contributed by atoms with Gasteiger partial charge in [-0.1, -0.05) is 22.5 Å². The lowest BCUT2D eigenvalue weighted by molar-refractivity contribution is -0.140. The first kappa shape index (κ1) is 12.7. The monoisotopic (exact) mass is 276 g/mol. The summed E-state index contributed by atoms with van der Waals surface area (Å²) in [5.41, 5.74) is 0. The Balaban J connectivity index is 2.35. The minimum atomic E-state index is -0.886. The van der Waals surface area contributed by atoms with Gasteiger partial charge in [0.25, 0.3) is 5.91 Å². The Hall–Kier alpha value is -0.390. The van der Waals surface area contributed by atoms with E-state index in [1.807, 2.05) is 0 Å². The second-order valence-corrected chi connectivity index (χ2v) is 4.92. The summed E-state index contributed by atoms with van der Waals surface area (Å²) >= 11 is 3.32. The third-order valence-electron chi connectivity index (χ3n) is 2.44. The zero-order valence-corrected chi connectivity index (χ0v) is 10.5. The van der Waals surface area contributed by atoms with Crippen LogP contribution in [0.4, 0.5) is 0 Å². The number of aliphatic hydroxyl groups is 1. The van der Waals surface area contributed by atoms with Gasteiger partial charge in [-0.3, -0.25) is 9.69 Å². The normalized spacial score (nSPS) is 20.1. The number of carbonyl (C=O) groups excluding carboxylic acids is 1. The van der Waals surface area contributed by atoms with E-state index < -0.39 is 6.10 Å². The molecule has 1 N–H and O–H groups in total. The van der Waals surface area contributed by atoms with E-state index in [-0.39, 0.29) is 5.91 Å². The molecule has 0 saturated carbocycles. The summed E-state index contributed by atoms with van der Waals surface area (Å²) in [7, 11) is 0. The van der Waals surface area contributed by atoms with Crippen LogP contribution in [0.3, 0.4) is 0 Å². The third kappa shape index (κ3) is 3.93. The molecule has 0 unspecified atom stereocenters. The molecule has 1 heterocycles. The Kier molecular flexibility index (Phi) is 4.76. The number of amides is 1. The third-order valence-corrected chi connectivity index (χ3v) is 2.69. The molecule has 5 heteroatoms. The summed E-state index contributed by atoms with van der Waals surface area (Å²) < 4.78 is 0.956. The topological polar surface area (TPSA) is 43.8 Å². The fourth-order valence-electron chi connectivity index (χ4n) is 1.63. The second-order valence-electron chi connectivity index (χ2n) is 3.79. The average Bonchev–Trinajstić information content (AvgIpc) is 2.17. The van der Waals surface area contributed by atoms with Gasteiger partial charge in [0.1, 0.15) is 6.10 Å². The van der Waals surface area contributed by atoms with Crippen molar-refractivity contribution in [2.75, 3.05) is 32.7 Å². The minimum Gasteiger partial charge on any atom is -0.384 e. The fraction of sp³-hybridized carbons (Fsp3) is 0.700. The molecule has 86 valence electrons. The maximum Gasteiger partial charge on any atom is 0.251 e. The molecular formula is C10H17BrN2O2. The molecule has 0 spiro atoms. The van der Waals surface area contributed by atoms with Crippen molar-refractivity contribution >= 4 is 21.8 Å². The largest absolute Gasteiger partial charge is 0.384 e. The Labute approximate surface area is 98.7 Å². The van der Waals surface area contributed by atoms with Gasteiger partial charge in [-0.15, -0.1) is 0 Å². The van der Waals surface area contributed by atoms with Crippen LogP contribution in [-0.4, -0.2) is 59.6 Å². The number of nitrogens with zero attached hydrogens (tertiary/aromatic N) is 2. The predicted molar refractivity (Wildman–Crippen MR) is 62.8 cm³/mol. The standard InChI is InChI=1S/C10H17BrN2O2/c1-8(11)7-12-3-5-13(6-4-12)10(15)9(2)14/h9,14H,1,3-7H2,2H3/t9-/m0/s1. The summed E-state index contributed by atoms with van der Waals surface area (Å²) in [5.74, 6) is -0.174. The van der Waals surface area contributed by atoms with Crippen LogP contribution in [0.5, 0.6) is 0 Å². The van der Waals surface area contributed by atoms with E-state index in [1.165, 1.54) is 6.92 Å². The van der Waals surface area contributed by atoms with Crippen LogP contribution in [0.25, 0.3) is 0 Å². The highest BCUT2D eigenvalue weighted by Crippen LogP contribution is 2.08. The van der Waals surface area contributed by atoms with Gasteiger partial charge in [-0.05, 0) is 6.92 Å². The zero-order valence-electron chi connectivity index (χ0n) is 8.95. The van der Waals surface area contributed by atoms with Crippen molar-refractivity contribution in [2.45, 2.75) is 13.0 Å². The SMILES string of the molecule is C=C(Br)CN1CCN(C(=O)[C@H](C)O)CC1. The van der Waals surface area contributed by atoms with Crippen LogP contribution in [0, 0.1) is 0 Å². The Morgan fingerprint density at radius 3 is 2.40 bits per heavy atom. The van der Waals surface area contributed by atoms with Crippen LogP contribution in [0.2, 0.25) is 0 Å². The van der Waals surface area contributed by atoms with E-state index in [9.17, 15) is 4.79 Å². The van der Waals surface area contributed by atoms with E-state index in [1.54, 1.807) is 4.90 Å². The van der Waals surface area contributed by atoms with E-state index in [4.69, 9.17) is 5.11 Å². The molecule has 15 heavy (non-hydrogen) atoms. The van der Waals surface area contributed by atoms with Crippen LogP contribution < -0.4 is 0 Å². The van der Waals surface area contributed by atoms with Crippen molar-refractivity contribution in [1.29, 1.82) is 0 Å². The van der Waals surface area contributed by atoms with E-state index in [0.29, 0.717) is 13.1 Å². The Bertz CT molecular complexity index is 248. The summed E-state index contributed by atoms with van der Waals surface area (Å²) in [6.45, 7) is 9.15. The van der Waals surface area contributed by atoms with Crippen LogP contribution in [0.15, 0.2) is 11.1 Å². The van der Waals surface area contributed by atoms with Gasteiger partial charge >= 0.3 is 0 Å². The lowest BCUT2D eigenvalue weighted by Gasteiger charge is -2.35. The van der Waals surface area contributed by atoms with Gasteiger partial charge < -0.3 is 10.0 Å². The smallest absolute Gasteiger partial charge is 0.251 e. The van der Waals surface area contributed by atoms with Crippen molar-refractivity contribution in [3.63, 3.8) is 0 Å². The minimum absolute atomic E-state index is 0.174. The van der Waals surface area contributed by atoms with E-state index in [2.05, 4.69) is 27.4 Å². The number of carbonyl (C=O) groups is 1. The van der Waals surface area contributed by atoms with Crippen molar-refractivity contribution in [1.82, 2.24) is 9.80 Å². The van der Waals surface area contributed by atoms with Gasteiger partial charge in [-0.2, -0.15) is 0 Å². The van der Waals surface area contributed by atoms with Crippen LogP contribution in [-0.2, 0) is 4.79 Å². The molecule has 0 aliphatic carbocycles. The molecule has 0 aromatic carbocycles. The van der Waals surface area contributed by atoms with E-state index in [0.717, 1.165) is 24.1 Å². The molecule has 1 aliphatic rings. The number of piperazine rings is 1. The van der Waals surface area contributed by atoms with Crippen LogP contribution >= 0.6 is 15.9 Å². The van der Waals surface area contributed by atoms with Gasteiger partial charge in [0, 0.05) is 37.2 Å². The maximum absolute atomic E-state index is 11.5. The summed E-state index contributed by atoms with van der Waals surface area (Å²) in [5, 5.41) is 9.16. The first-order valence-electron chi connectivity index (χ1n) is 5.03. The van der Waals surface area contributed by atoms with Crippen molar-refractivity contribution < 1.29 is 9.90 Å². The van der Waals surface area contributed by atoms with Crippen molar-refractivity contribution in [3.05, 3.63) is 11.1 Å². The van der Waals surface area contributed by atoms with E-state index >= 15 is 0 Å². The zero-order chi connectivity index (χ0) is 11.4. The van der Waals surface area contributed by atoms with Gasteiger partial charge in [0.05, 0.1) is 0 Å². The first-order valence-corrected chi connectivity index (χ1v) is 5.82. The molecule has 1 saturated heterocycles. The molecule has 1 rings (SSSR count). The Morgan fingerprint density at radius 1 is 1.47 bits per heavy atom. The number of rotatable bonds is 3. The highest BCUT2D eigenvalue weighted by Gasteiger charge is 2.23. The number of hydrogen-bond acceptors (Lipinski definition) is 3. The number of aliphatic hydroxyl groups excluding tert-OH is 1. The lowest BCUT2D eigenvalue weighted by atomic mass is 10.2.